The second-order valence-electron chi connectivity index (χ2n) is 8.13. The van der Waals surface area contributed by atoms with Crippen LogP contribution >= 0.6 is 0 Å². The third-order valence-corrected chi connectivity index (χ3v) is 6.21. The molecule has 0 radical (unpaired) electrons. The summed E-state index contributed by atoms with van der Waals surface area (Å²) in [5.41, 5.74) is 4.83. The number of H-pyrrole nitrogens is 2. The number of imidazole rings is 1. The molecule has 0 fully saturated rings. The first-order valence-electron chi connectivity index (χ1n) is 10.3. The number of benzene rings is 2. The number of nitrogens with one attached hydrogen (secondary N) is 3. The van der Waals surface area contributed by atoms with Crippen molar-refractivity contribution in [1.29, 1.82) is 0 Å². The second kappa shape index (κ2) is 7.21. The van der Waals surface area contributed by atoms with E-state index >= 15 is 0 Å². The van der Waals surface area contributed by atoms with Gasteiger partial charge in [0.2, 0.25) is 0 Å². The minimum Gasteiger partial charge on any atom is -0.387 e. The average molecular weight is 390 g/mol. The van der Waals surface area contributed by atoms with Crippen molar-refractivity contribution in [2.45, 2.75) is 50.9 Å². The highest BCUT2D eigenvalue weighted by atomic mass is 16.3. The molecule has 150 valence electrons. The molecule has 29 heavy (non-hydrogen) atoms. The number of para-hydroxylation sites is 2. The van der Waals surface area contributed by atoms with Gasteiger partial charge in [0.15, 0.2) is 0 Å². The van der Waals surface area contributed by atoms with Gasteiger partial charge < -0.3 is 20.4 Å². The molecule has 4 aromatic rings. The van der Waals surface area contributed by atoms with Crippen LogP contribution in [0, 0.1) is 0 Å². The molecule has 1 aliphatic rings. The molecule has 2 aromatic heterocycles. The molecule has 0 spiro atoms. The van der Waals surface area contributed by atoms with E-state index in [1.807, 2.05) is 24.3 Å². The Bertz CT molecular complexity index is 1220. The molecule has 0 amide bonds. The molecule has 5 rings (SSSR count). The largest absolute Gasteiger partial charge is 0.387 e. The summed E-state index contributed by atoms with van der Waals surface area (Å²) in [4.78, 5) is 18.5. The van der Waals surface area contributed by atoms with Crippen LogP contribution < -0.4 is 11.0 Å². The van der Waals surface area contributed by atoms with Crippen molar-refractivity contribution in [2.24, 2.45) is 0 Å². The normalized spacial score (nSPS) is 20.2. The predicted molar refractivity (Wildman–Crippen MR) is 115 cm³/mol. The summed E-state index contributed by atoms with van der Waals surface area (Å²) in [5.74, 6) is 0. The van der Waals surface area contributed by atoms with Crippen LogP contribution in [0.3, 0.4) is 0 Å². The summed E-state index contributed by atoms with van der Waals surface area (Å²) >= 11 is 0. The summed E-state index contributed by atoms with van der Waals surface area (Å²) in [6.45, 7) is 2.76. The molecule has 3 heterocycles. The predicted octanol–water partition coefficient (Wildman–Crippen LogP) is 3.23. The Kier molecular flexibility index (Phi) is 4.53. The zero-order valence-corrected chi connectivity index (χ0v) is 16.5. The number of aliphatic hydroxyl groups is 1. The van der Waals surface area contributed by atoms with Gasteiger partial charge in [-0.05, 0) is 43.9 Å². The van der Waals surface area contributed by atoms with Gasteiger partial charge in [-0.2, -0.15) is 0 Å². The van der Waals surface area contributed by atoms with Crippen molar-refractivity contribution >= 4 is 21.9 Å². The molecule has 0 bridgehead atoms. The molecular weight excluding hydrogens is 364 g/mol. The Morgan fingerprint density at radius 2 is 2.03 bits per heavy atom. The van der Waals surface area contributed by atoms with Gasteiger partial charge in [0.05, 0.1) is 17.1 Å². The van der Waals surface area contributed by atoms with E-state index in [0.29, 0.717) is 13.0 Å². The van der Waals surface area contributed by atoms with Crippen LogP contribution in [0.5, 0.6) is 0 Å². The fourth-order valence-corrected chi connectivity index (χ4v) is 4.68. The minimum atomic E-state index is -0.641. The molecule has 0 aliphatic carbocycles. The number of aliphatic hydroxyl groups excluding tert-OH is 1. The van der Waals surface area contributed by atoms with E-state index in [0.717, 1.165) is 29.4 Å². The quantitative estimate of drug-likeness (QED) is 0.422. The van der Waals surface area contributed by atoms with Crippen molar-refractivity contribution in [2.75, 3.05) is 0 Å². The summed E-state index contributed by atoms with van der Waals surface area (Å²) in [5, 5.41) is 16.0. The van der Waals surface area contributed by atoms with Gasteiger partial charge in [-0.3, -0.25) is 4.57 Å². The number of hydrogen-bond donors (Lipinski definition) is 4. The first-order chi connectivity index (χ1) is 14.1. The Morgan fingerprint density at radius 1 is 1.21 bits per heavy atom. The maximum Gasteiger partial charge on any atom is 0.326 e. The number of nitrogens with zero attached hydrogens (tertiary/aromatic N) is 1. The molecule has 1 aliphatic heterocycles. The monoisotopic (exact) mass is 390 g/mol. The number of fused-ring (bicyclic) bond motifs is 1. The summed E-state index contributed by atoms with van der Waals surface area (Å²) in [6, 6.07) is 14.2. The van der Waals surface area contributed by atoms with Gasteiger partial charge in [-0.15, -0.1) is 0 Å². The smallest absolute Gasteiger partial charge is 0.326 e. The average Bonchev–Trinajstić information content (AvgIpc) is 3.24. The number of hydrogen-bond acceptors (Lipinski definition) is 3. The Morgan fingerprint density at radius 3 is 2.93 bits per heavy atom. The van der Waals surface area contributed by atoms with Crippen molar-refractivity contribution in [3.05, 3.63) is 70.3 Å². The number of rotatable bonds is 5. The van der Waals surface area contributed by atoms with Gasteiger partial charge >= 0.3 is 5.69 Å². The zero-order valence-electron chi connectivity index (χ0n) is 16.5. The maximum atomic E-state index is 12.3. The highest BCUT2D eigenvalue weighted by Gasteiger charge is 2.29. The third-order valence-electron chi connectivity index (χ3n) is 6.21. The number of aromatic amines is 2. The molecule has 6 heteroatoms. The molecule has 4 N–H and O–H groups in total. The van der Waals surface area contributed by atoms with E-state index in [9.17, 15) is 9.90 Å². The molecule has 6 nitrogen and oxygen atoms in total. The van der Waals surface area contributed by atoms with Gasteiger partial charge in [0, 0.05) is 41.3 Å². The standard InChI is InChI=1S/C23H26N4O2/c1-14(9-10-15-13-24-18-7-3-2-5-16(15)18)25-20-11-12-27-21-17(22(20)28)6-4-8-19(21)26-23(27)29/h2-8,13-14,20,22,24-25,28H,9-12H2,1H3,(H,26,29)/t14?,20-,22-/m1/s1. The number of aromatic nitrogens is 3. The lowest BCUT2D eigenvalue weighted by Crippen LogP contribution is -2.41. The van der Waals surface area contributed by atoms with Gasteiger partial charge in [-0.25, -0.2) is 4.79 Å². The first-order valence-corrected chi connectivity index (χ1v) is 10.3. The van der Waals surface area contributed by atoms with E-state index in [1.54, 1.807) is 4.57 Å². The molecule has 0 saturated carbocycles. The molecular formula is C23H26N4O2. The van der Waals surface area contributed by atoms with E-state index < -0.39 is 6.10 Å². The Labute approximate surface area is 168 Å². The number of aryl methyl sites for hydroxylation is 2. The summed E-state index contributed by atoms with van der Waals surface area (Å²) in [7, 11) is 0. The Hall–Kier alpha value is -2.83. The molecule has 2 aromatic carbocycles. The van der Waals surface area contributed by atoms with Crippen LogP contribution in [-0.4, -0.2) is 31.7 Å². The lowest BCUT2D eigenvalue weighted by Gasteiger charge is -2.26. The van der Waals surface area contributed by atoms with Crippen molar-refractivity contribution in [3.63, 3.8) is 0 Å². The zero-order chi connectivity index (χ0) is 20.0. The third kappa shape index (κ3) is 3.18. The molecule has 1 unspecified atom stereocenters. The highest BCUT2D eigenvalue weighted by Crippen LogP contribution is 2.30. The lowest BCUT2D eigenvalue weighted by molar-refractivity contribution is 0.119. The fourth-order valence-electron chi connectivity index (χ4n) is 4.68. The minimum absolute atomic E-state index is 0.0853. The van der Waals surface area contributed by atoms with Crippen LogP contribution in [-0.2, 0) is 13.0 Å². The first kappa shape index (κ1) is 18.2. The van der Waals surface area contributed by atoms with Gasteiger partial charge in [-0.1, -0.05) is 30.3 Å². The van der Waals surface area contributed by atoms with E-state index in [4.69, 9.17) is 0 Å². The van der Waals surface area contributed by atoms with E-state index in [-0.39, 0.29) is 17.8 Å². The van der Waals surface area contributed by atoms with Crippen LogP contribution in [0.25, 0.3) is 21.9 Å². The summed E-state index contributed by atoms with van der Waals surface area (Å²) < 4.78 is 1.76. The van der Waals surface area contributed by atoms with Gasteiger partial charge in [0.1, 0.15) is 0 Å². The molecule has 0 saturated heterocycles. The topological polar surface area (TPSA) is 85.8 Å². The molecule has 3 atom stereocenters. The van der Waals surface area contributed by atoms with Crippen LogP contribution in [0.4, 0.5) is 0 Å². The summed E-state index contributed by atoms with van der Waals surface area (Å²) in [6.07, 6.45) is 4.11. The van der Waals surface area contributed by atoms with E-state index in [1.165, 1.54) is 16.5 Å². The van der Waals surface area contributed by atoms with E-state index in [2.05, 4.69) is 46.6 Å². The maximum absolute atomic E-state index is 12.3. The van der Waals surface area contributed by atoms with Gasteiger partial charge in [0.25, 0.3) is 0 Å². The van der Waals surface area contributed by atoms with Crippen LogP contribution in [0.1, 0.15) is 37.0 Å². The van der Waals surface area contributed by atoms with Crippen molar-refractivity contribution in [3.8, 4) is 0 Å². The van der Waals surface area contributed by atoms with Crippen LogP contribution in [0.15, 0.2) is 53.5 Å². The van der Waals surface area contributed by atoms with Crippen LogP contribution in [0.2, 0.25) is 0 Å². The SMILES string of the molecule is CC(CCc1c[nH]c2ccccc12)N[C@@H]1CCn2c(=O)[nH]c3cccc(c32)[C@H]1O. The highest BCUT2D eigenvalue weighted by molar-refractivity contribution is 5.83. The Balaban J connectivity index is 1.31. The second-order valence-corrected chi connectivity index (χ2v) is 8.13. The lowest BCUT2D eigenvalue weighted by atomic mass is 9.98. The van der Waals surface area contributed by atoms with Crippen molar-refractivity contribution in [1.82, 2.24) is 19.9 Å². The fraction of sp³-hybridized carbons (Fsp3) is 0.348. The van der Waals surface area contributed by atoms with Crippen molar-refractivity contribution < 1.29 is 5.11 Å².